The Bertz CT molecular complexity index is 937. The average Bonchev–Trinajstić information content (AvgIpc) is 3.03. The summed E-state index contributed by atoms with van der Waals surface area (Å²) in [6, 6.07) is 8.06. The number of hydrogen-bond donors (Lipinski definition) is 1. The predicted octanol–water partition coefficient (Wildman–Crippen LogP) is 3.24. The van der Waals surface area contributed by atoms with Crippen molar-refractivity contribution >= 4 is 34.0 Å². The molecule has 4 rings (SSSR count). The van der Waals surface area contributed by atoms with Gasteiger partial charge in [-0.3, -0.25) is 4.79 Å². The third kappa shape index (κ3) is 3.78. The van der Waals surface area contributed by atoms with E-state index >= 15 is 0 Å². The molecule has 0 unspecified atom stereocenters. The number of anilines is 1. The minimum Gasteiger partial charge on any atom is -0.356 e. The normalized spacial score (nSPS) is 15.3. The van der Waals surface area contributed by atoms with Crippen LogP contribution in [0.5, 0.6) is 0 Å². The lowest BCUT2D eigenvalue weighted by molar-refractivity contribution is -0.125. The van der Waals surface area contributed by atoms with Gasteiger partial charge in [0.2, 0.25) is 5.91 Å². The van der Waals surface area contributed by atoms with Gasteiger partial charge < -0.3 is 10.2 Å². The van der Waals surface area contributed by atoms with Crippen LogP contribution in [0.15, 0.2) is 30.6 Å². The maximum Gasteiger partial charge on any atom is 0.223 e. The Kier molecular flexibility index (Phi) is 5.03. The van der Waals surface area contributed by atoms with E-state index in [9.17, 15) is 4.79 Å². The van der Waals surface area contributed by atoms with Crippen molar-refractivity contribution in [3.05, 3.63) is 46.2 Å². The summed E-state index contributed by atoms with van der Waals surface area (Å²) >= 11 is 1.65. The first-order chi connectivity index (χ1) is 13.1. The fourth-order valence-electron chi connectivity index (χ4n) is 3.52. The summed E-state index contributed by atoms with van der Waals surface area (Å²) < 4.78 is 0. The van der Waals surface area contributed by atoms with Gasteiger partial charge in [0.1, 0.15) is 17.2 Å². The summed E-state index contributed by atoms with van der Waals surface area (Å²) in [7, 11) is 0. The summed E-state index contributed by atoms with van der Waals surface area (Å²) in [5, 5.41) is 5.10. The van der Waals surface area contributed by atoms with Crippen LogP contribution in [0.4, 0.5) is 5.82 Å². The van der Waals surface area contributed by atoms with Gasteiger partial charge in [-0.25, -0.2) is 15.0 Å². The molecule has 0 radical (unpaired) electrons. The van der Waals surface area contributed by atoms with Crippen molar-refractivity contribution in [2.75, 3.05) is 18.0 Å². The molecule has 1 aromatic carbocycles. The molecule has 27 heavy (non-hydrogen) atoms. The van der Waals surface area contributed by atoms with Crippen LogP contribution in [-0.2, 0) is 11.3 Å². The monoisotopic (exact) mass is 381 g/mol. The Morgan fingerprint density at radius 1 is 1.22 bits per heavy atom. The van der Waals surface area contributed by atoms with Gasteiger partial charge in [0.25, 0.3) is 0 Å². The van der Waals surface area contributed by atoms with Crippen molar-refractivity contribution in [3.63, 3.8) is 0 Å². The summed E-state index contributed by atoms with van der Waals surface area (Å²) in [6.07, 6.45) is 3.29. The Balaban J connectivity index is 1.36. The van der Waals surface area contributed by atoms with Crippen molar-refractivity contribution in [1.82, 2.24) is 20.3 Å². The third-order valence-corrected chi connectivity index (χ3v) is 6.25. The standard InChI is InChI=1S/C20H23N5OS/c1-13-14(2)27-18(24-13)11-21-20(26)15-7-9-25(10-8-15)19-16-5-3-4-6-17(16)22-12-23-19/h3-6,12,15H,7-11H2,1-2H3,(H,21,26). The van der Waals surface area contributed by atoms with E-state index in [0.29, 0.717) is 6.54 Å². The fourth-order valence-corrected chi connectivity index (χ4v) is 4.39. The minimum atomic E-state index is 0.0523. The third-order valence-electron chi connectivity index (χ3n) is 5.17. The molecular formula is C20H23N5OS. The molecule has 0 saturated carbocycles. The molecule has 7 heteroatoms. The molecule has 3 aromatic rings. The molecule has 1 aliphatic heterocycles. The first-order valence-corrected chi connectivity index (χ1v) is 10.1. The number of aryl methyl sites for hydroxylation is 2. The van der Waals surface area contributed by atoms with Gasteiger partial charge in [0.05, 0.1) is 17.8 Å². The molecule has 1 N–H and O–H groups in total. The lowest BCUT2D eigenvalue weighted by Gasteiger charge is -2.32. The Morgan fingerprint density at radius 3 is 2.74 bits per heavy atom. The van der Waals surface area contributed by atoms with Crippen molar-refractivity contribution in [3.8, 4) is 0 Å². The number of aromatic nitrogens is 3. The zero-order chi connectivity index (χ0) is 18.8. The second kappa shape index (κ2) is 7.60. The number of benzene rings is 1. The summed E-state index contributed by atoms with van der Waals surface area (Å²) in [5.41, 5.74) is 2.01. The molecule has 1 amide bonds. The maximum absolute atomic E-state index is 12.5. The van der Waals surface area contributed by atoms with E-state index in [1.165, 1.54) is 4.88 Å². The number of carbonyl (C=O) groups is 1. The number of carbonyl (C=O) groups excluding carboxylic acids is 1. The number of fused-ring (bicyclic) bond motifs is 1. The molecule has 0 bridgehead atoms. The van der Waals surface area contributed by atoms with Crippen LogP contribution >= 0.6 is 11.3 Å². The molecule has 140 valence electrons. The highest BCUT2D eigenvalue weighted by Crippen LogP contribution is 2.27. The summed E-state index contributed by atoms with van der Waals surface area (Å²) in [4.78, 5) is 29.3. The largest absolute Gasteiger partial charge is 0.356 e. The minimum absolute atomic E-state index is 0.0523. The van der Waals surface area contributed by atoms with E-state index < -0.39 is 0 Å². The van der Waals surface area contributed by atoms with Gasteiger partial charge in [-0.05, 0) is 38.8 Å². The molecule has 2 aromatic heterocycles. The van der Waals surface area contributed by atoms with Gasteiger partial charge in [-0.1, -0.05) is 12.1 Å². The van der Waals surface area contributed by atoms with Crippen LogP contribution in [0.25, 0.3) is 10.9 Å². The van der Waals surface area contributed by atoms with Crippen molar-refractivity contribution in [2.24, 2.45) is 5.92 Å². The lowest BCUT2D eigenvalue weighted by atomic mass is 9.95. The Hall–Kier alpha value is -2.54. The van der Waals surface area contributed by atoms with E-state index in [0.717, 1.165) is 53.4 Å². The molecule has 0 spiro atoms. The predicted molar refractivity (Wildman–Crippen MR) is 108 cm³/mol. The van der Waals surface area contributed by atoms with Gasteiger partial charge in [-0.15, -0.1) is 11.3 Å². The molecule has 1 saturated heterocycles. The van der Waals surface area contributed by atoms with Crippen molar-refractivity contribution in [1.29, 1.82) is 0 Å². The Labute approximate surface area is 162 Å². The first-order valence-electron chi connectivity index (χ1n) is 9.27. The van der Waals surface area contributed by atoms with Crippen LogP contribution < -0.4 is 10.2 Å². The number of nitrogens with zero attached hydrogens (tertiary/aromatic N) is 4. The number of hydrogen-bond acceptors (Lipinski definition) is 6. The number of thiazole rings is 1. The molecule has 1 aliphatic rings. The van der Waals surface area contributed by atoms with E-state index in [1.54, 1.807) is 17.7 Å². The highest BCUT2D eigenvalue weighted by molar-refractivity contribution is 7.11. The number of nitrogens with one attached hydrogen (secondary N) is 1. The number of para-hydroxylation sites is 1. The number of amides is 1. The molecule has 1 fully saturated rings. The molecule has 3 heterocycles. The highest BCUT2D eigenvalue weighted by Gasteiger charge is 2.26. The molecule has 6 nitrogen and oxygen atoms in total. The van der Waals surface area contributed by atoms with E-state index in [4.69, 9.17) is 0 Å². The van der Waals surface area contributed by atoms with E-state index in [1.807, 2.05) is 25.1 Å². The second-order valence-corrected chi connectivity index (χ2v) is 8.23. The van der Waals surface area contributed by atoms with Gasteiger partial charge in [-0.2, -0.15) is 0 Å². The fraction of sp³-hybridized carbons (Fsp3) is 0.400. The van der Waals surface area contributed by atoms with Gasteiger partial charge >= 0.3 is 0 Å². The van der Waals surface area contributed by atoms with Crippen LogP contribution in [0.2, 0.25) is 0 Å². The van der Waals surface area contributed by atoms with Crippen LogP contribution in [0, 0.1) is 19.8 Å². The van der Waals surface area contributed by atoms with Gasteiger partial charge in [0, 0.05) is 29.3 Å². The van der Waals surface area contributed by atoms with Crippen LogP contribution in [-0.4, -0.2) is 33.9 Å². The number of piperidine rings is 1. The van der Waals surface area contributed by atoms with Crippen molar-refractivity contribution in [2.45, 2.75) is 33.2 Å². The number of rotatable bonds is 4. The summed E-state index contributed by atoms with van der Waals surface area (Å²) in [5.74, 6) is 1.15. The van der Waals surface area contributed by atoms with Crippen LogP contribution in [0.1, 0.15) is 28.4 Å². The smallest absolute Gasteiger partial charge is 0.223 e. The first kappa shape index (κ1) is 17.9. The molecule has 0 atom stereocenters. The SMILES string of the molecule is Cc1nc(CNC(=O)C2CCN(c3ncnc4ccccc34)CC2)sc1C. The second-order valence-electron chi connectivity index (χ2n) is 6.94. The average molecular weight is 382 g/mol. The Morgan fingerprint density at radius 2 is 2.00 bits per heavy atom. The zero-order valence-electron chi connectivity index (χ0n) is 15.6. The lowest BCUT2D eigenvalue weighted by Crippen LogP contribution is -2.40. The quantitative estimate of drug-likeness (QED) is 0.751. The molecule has 0 aliphatic carbocycles. The van der Waals surface area contributed by atoms with E-state index in [2.05, 4.69) is 38.2 Å². The highest BCUT2D eigenvalue weighted by atomic mass is 32.1. The molecular weight excluding hydrogens is 358 g/mol. The zero-order valence-corrected chi connectivity index (χ0v) is 16.4. The van der Waals surface area contributed by atoms with Crippen molar-refractivity contribution < 1.29 is 4.79 Å². The summed E-state index contributed by atoms with van der Waals surface area (Å²) in [6.45, 7) is 6.24. The topological polar surface area (TPSA) is 71.0 Å². The van der Waals surface area contributed by atoms with Crippen LogP contribution in [0.3, 0.4) is 0 Å². The van der Waals surface area contributed by atoms with E-state index in [-0.39, 0.29) is 11.8 Å². The van der Waals surface area contributed by atoms with Gasteiger partial charge in [0.15, 0.2) is 0 Å². The maximum atomic E-state index is 12.5.